The first kappa shape index (κ1) is 12.4. The molecule has 0 aromatic carbocycles. The van der Waals surface area contributed by atoms with Crippen LogP contribution in [0.25, 0.3) is 0 Å². The van der Waals surface area contributed by atoms with Crippen LogP contribution in [0.5, 0.6) is 0 Å². The average molecular weight is 307 g/mol. The van der Waals surface area contributed by atoms with Gasteiger partial charge in [-0.05, 0) is 51.4 Å². The Morgan fingerprint density at radius 3 is 2.36 bits per heavy atom. The van der Waals surface area contributed by atoms with Crippen molar-refractivity contribution < 1.29 is 0 Å². The van der Waals surface area contributed by atoms with Crippen molar-refractivity contribution in [3.05, 3.63) is 6.58 Å². The van der Waals surface area contributed by atoms with Crippen LogP contribution in [0.4, 0.5) is 0 Å². The lowest BCUT2D eigenvalue weighted by Gasteiger charge is -2.36. The van der Waals surface area contributed by atoms with Gasteiger partial charge in [-0.15, -0.1) is 0 Å². The molecule has 1 saturated carbocycles. The van der Waals surface area contributed by atoms with E-state index in [0.29, 0.717) is 0 Å². The summed E-state index contributed by atoms with van der Waals surface area (Å²) in [4.78, 5) is 0. The first-order valence-corrected chi connectivity index (χ1v) is 8.03. The first-order chi connectivity index (χ1) is 6.54. The highest BCUT2D eigenvalue weighted by Gasteiger charge is 2.29. The SMILES string of the molecule is C=C=ICC1CCC(C(C)(C)N)CC1. The molecule has 0 saturated heterocycles. The molecule has 0 aromatic rings. The van der Waals surface area contributed by atoms with Crippen molar-refractivity contribution in [1.29, 1.82) is 0 Å². The fraction of sp³-hybridized carbons (Fsp3) is 0.833. The molecule has 0 aliphatic heterocycles. The predicted octanol–water partition coefficient (Wildman–Crippen LogP) is 3.09. The topological polar surface area (TPSA) is 26.0 Å². The van der Waals surface area contributed by atoms with Gasteiger partial charge in [0.25, 0.3) is 0 Å². The maximum atomic E-state index is 6.14. The fourth-order valence-electron chi connectivity index (χ4n) is 2.22. The van der Waals surface area contributed by atoms with Gasteiger partial charge in [0, 0.05) is 9.97 Å². The molecule has 0 amide bonds. The smallest absolute Gasteiger partial charge is 0.0125 e. The van der Waals surface area contributed by atoms with E-state index in [1.165, 1.54) is 30.1 Å². The molecule has 1 aliphatic carbocycles. The van der Waals surface area contributed by atoms with E-state index in [4.69, 9.17) is 5.73 Å². The van der Waals surface area contributed by atoms with Gasteiger partial charge in [-0.2, -0.15) is 0 Å². The quantitative estimate of drug-likeness (QED) is 0.629. The van der Waals surface area contributed by atoms with Gasteiger partial charge >= 0.3 is 0 Å². The molecule has 0 bridgehead atoms. The Balaban J connectivity index is 2.35. The van der Waals surface area contributed by atoms with E-state index in [-0.39, 0.29) is 26.3 Å². The largest absolute Gasteiger partial charge is 0.325 e. The van der Waals surface area contributed by atoms with Gasteiger partial charge in [-0.3, -0.25) is 0 Å². The van der Waals surface area contributed by atoms with Gasteiger partial charge in [0.2, 0.25) is 0 Å². The fourth-order valence-corrected chi connectivity index (χ4v) is 4.04. The number of halogens is 1. The monoisotopic (exact) mass is 307 g/mol. The summed E-state index contributed by atoms with van der Waals surface area (Å²) in [7, 11) is 0. The normalized spacial score (nSPS) is 28.5. The predicted molar refractivity (Wildman–Crippen MR) is 73.2 cm³/mol. The van der Waals surface area contributed by atoms with E-state index < -0.39 is 0 Å². The standard InChI is InChI=1S/C12H22IN/c1-4-13-9-10-5-7-11(8-6-10)12(2,3)14/h10-11H,1,5-9,14H2,2-3H3. The molecule has 0 radical (unpaired) electrons. The maximum Gasteiger partial charge on any atom is 0.0125 e. The van der Waals surface area contributed by atoms with Crippen LogP contribution in [0.3, 0.4) is 0 Å². The Bertz CT molecular complexity index is 215. The molecule has 0 atom stereocenters. The summed E-state index contributed by atoms with van der Waals surface area (Å²) in [6.07, 6.45) is 5.42. The summed E-state index contributed by atoms with van der Waals surface area (Å²) in [6, 6.07) is 0. The maximum absolute atomic E-state index is 6.14. The van der Waals surface area contributed by atoms with E-state index >= 15 is 0 Å². The van der Waals surface area contributed by atoms with Crippen LogP contribution in [0.1, 0.15) is 39.5 Å². The summed E-state index contributed by atoms with van der Waals surface area (Å²) in [5.74, 6) is 1.69. The van der Waals surface area contributed by atoms with Crippen LogP contribution >= 0.6 is 20.7 Å². The highest BCUT2D eigenvalue weighted by atomic mass is 127. The molecule has 2 N–H and O–H groups in total. The van der Waals surface area contributed by atoms with Crippen molar-refractivity contribution in [2.24, 2.45) is 17.6 Å². The Hall–Kier alpha value is 0.340. The zero-order valence-electron chi connectivity index (χ0n) is 9.35. The van der Waals surface area contributed by atoms with Gasteiger partial charge in [0.15, 0.2) is 0 Å². The Labute approximate surface area is 97.9 Å². The lowest BCUT2D eigenvalue weighted by molar-refractivity contribution is 0.208. The van der Waals surface area contributed by atoms with Crippen molar-refractivity contribution in [1.82, 2.24) is 0 Å². The van der Waals surface area contributed by atoms with Crippen molar-refractivity contribution in [3.63, 3.8) is 0 Å². The van der Waals surface area contributed by atoms with Crippen LogP contribution in [0, 0.1) is 11.8 Å². The van der Waals surface area contributed by atoms with Crippen molar-refractivity contribution in [2.45, 2.75) is 45.1 Å². The molecule has 1 rings (SSSR count). The van der Waals surface area contributed by atoms with E-state index in [1.807, 2.05) is 0 Å². The van der Waals surface area contributed by atoms with Crippen molar-refractivity contribution in [3.8, 4) is 0 Å². The average Bonchev–Trinajstić information content (AvgIpc) is 2.14. The van der Waals surface area contributed by atoms with Crippen molar-refractivity contribution in [2.75, 3.05) is 4.43 Å². The molecule has 1 fully saturated rings. The lowest BCUT2D eigenvalue weighted by Crippen LogP contribution is -2.42. The Morgan fingerprint density at radius 1 is 1.36 bits per heavy atom. The minimum atomic E-state index is 0.0323. The van der Waals surface area contributed by atoms with Gasteiger partial charge in [-0.25, -0.2) is 0 Å². The number of alkyl halides is 1. The molecule has 82 valence electrons. The van der Waals surface area contributed by atoms with E-state index in [2.05, 4.69) is 24.1 Å². The van der Waals surface area contributed by atoms with Crippen LogP contribution in [-0.4, -0.2) is 13.6 Å². The van der Waals surface area contributed by atoms with E-state index in [0.717, 1.165) is 11.8 Å². The van der Waals surface area contributed by atoms with Crippen molar-refractivity contribution >= 4 is 24.4 Å². The molecule has 1 nitrogen and oxygen atoms in total. The number of nitrogens with two attached hydrogens (primary N) is 1. The number of hydrogen-bond acceptors (Lipinski definition) is 1. The molecule has 0 aromatic heterocycles. The first-order valence-electron chi connectivity index (χ1n) is 5.43. The third-order valence-corrected chi connectivity index (χ3v) is 5.51. The van der Waals surface area contributed by atoms with Gasteiger partial charge < -0.3 is 5.73 Å². The molecule has 1 aliphatic rings. The molecule has 0 unspecified atom stereocenters. The van der Waals surface area contributed by atoms with Crippen LogP contribution in [0.15, 0.2) is 6.58 Å². The summed E-state index contributed by atoms with van der Waals surface area (Å²) in [6.45, 7) is 8.04. The minimum absolute atomic E-state index is 0.0323. The third kappa shape index (κ3) is 3.84. The lowest BCUT2D eigenvalue weighted by atomic mass is 9.74. The van der Waals surface area contributed by atoms with Gasteiger partial charge in [-0.1, -0.05) is 31.0 Å². The second kappa shape index (κ2) is 5.43. The summed E-state index contributed by atoms with van der Waals surface area (Å²) in [5.41, 5.74) is 6.17. The van der Waals surface area contributed by atoms with Gasteiger partial charge in [0.1, 0.15) is 0 Å². The zero-order chi connectivity index (χ0) is 10.6. The second-order valence-electron chi connectivity index (χ2n) is 4.96. The molecule has 2 heteroatoms. The highest BCUT2D eigenvalue weighted by molar-refractivity contribution is 14.2. The third-order valence-electron chi connectivity index (χ3n) is 3.29. The number of rotatable bonds is 3. The van der Waals surface area contributed by atoms with Crippen LogP contribution < -0.4 is 5.73 Å². The molecule has 0 heterocycles. The summed E-state index contributed by atoms with van der Waals surface area (Å²) < 4.78 is 4.48. The zero-order valence-corrected chi connectivity index (χ0v) is 11.5. The van der Waals surface area contributed by atoms with Crippen LogP contribution in [0.2, 0.25) is 0 Å². The van der Waals surface area contributed by atoms with E-state index in [1.54, 1.807) is 0 Å². The highest BCUT2D eigenvalue weighted by Crippen LogP contribution is 2.35. The van der Waals surface area contributed by atoms with Crippen LogP contribution in [-0.2, 0) is 0 Å². The minimum Gasteiger partial charge on any atom is -0.325 e. The Morgan fingerprint density at radius 2 is 1.93 bits per heavy atom. The molecular formula is C12H22IN. The number of hydrogen-bond donors (Lipinski definition) is 1. The molecule has 14 heavy (non-hydrogen) atoms. The molecule has 0 spiro atoms. The molecular weight excluding hydrogens is 285 g/mol. The Kier molecular flexibility index (Phi) is 4.81. The summed E-state index contributed by atoms with van der Waals surface area (Å²) >= 11 is 0.167. The van der Waals surface area contributed by atoms with Gasteiger partial charge in [0.05, 0.1) is 0 Å². The van der Waals surface area contributed by atoms with E-state index in [9.17, 15) is 0 Å². The second-order valence-corrected chi connectivity index (χ2v) is 7.37. The summed E-state index contributed by atoms with van der Waals surface area (Å²) in [5, 5.41) is 0.